The van der Waals surface area contributed by atoms with Gasteiger partial charge in [0.15, 0.2) is 0 Å². The Morgan fingerprint density at radius 2 is 2.45 bits per heavy atom. The molecule has 0 bridgehead atoms. The van der Waals surface area contributed by atoms with Crippen LogP contribution in [0.2, 0.25) is 0 Å². The first-order valence-electron chi connectivity index (χ1n) is 2.95. The van der Waals surface area contributed by atoms with Gasteiger partial charge < -0.3 is 5.11 Å². The summed E-state index contributed by atoms with van der Waals surface area (Å²) in [4.78, 5) is 22.3. The molecule has 0 aromatic heterocycles. The summed E-state index contributed by atoms with van der Waals surface area (Å²) in [5.74, 6) is -0.879. The van der Waals surface area contributed by atoms with Crippen molar-refractivity contribution >= 4 is 23.6 Å². The molecule has 0 aromatic rings. The summed E-state index contributed by atoms with van der Waals surface area (Å²) in [5.41, 5.74) is 0. The van der Waals surface area contributed by atoms with Crippen molar-refractivity contribution in [2.45, 2.75) is 0 Å². The summed E-state index contributed by atoms with van der Waals surface area (Å²) in [7, 11) is 0. The van der Waals surface area contributed by atoms with Crippen molar-refractivity contribution in [3.8, 4) is 0 Å². The molecule has 0 spiro atoms. The maximum absolute atomic E-state index is 10.9. The second-order valence-corrected chi connectivity index (χ2v) is 3.10. The van der Waals surface area contributed by atoms with Crippen molar-refractivity contribution in [3.63, 3.8) is 0 Å². The minimum Gasteiger partial charge on any atom is -0.480 e. The van der Waals surface area contributed by atoms with Gasteiger partial charge in [-0.05, 0) is 0 Å². The van der Waals surface area contributed by atoms with E-state index in [0.29, 0.717) is 10.8 Å². The van der Waals surface area contributed by atoms with Gasteiger partial charge in [-0.3, -0.25) is 14.5 Å². The Hall–Kier alpha value is -0.970. The van der Waals surface area contributed by atoms with Crippen LogP contribution in [0.1, 0.15) is 0 Å². The van der Waals surface area contributed by atoms with Crippen LogP contribution in [0.4, 0.5) is 0 Å². The molecule has 0 aromatic carbocycles. The summed E-state index contributed by atoms with van der Waals surface area (Å²) in [6.45, 7) is 3.27. The Bertz CT molecular complexity index is 210. The van der Waals surface area contributed by atoms with Crippen molar-refractivity contribution in [2.24, 2.45) is 0 Å². The molecule has 0 saturated carbocycles. The molecule has 1 aliphatic heterocycles. The van der Waals surface area contributed by atoms with E-state index in [4.69, 9.17) is 5.11 Å². The lowest BCUT2D eigenvalue weighted by Gasteiger charge is -2.11. The average molecular weight is 173 g/mol. The highest BCUT2D eigenvalue weighted by molar-refractivity contribution is 8.04. The molecular formula is C6H7NO3S. The second kappa shape index (κ2) is 2.96. The third-order valence-corrected chi connectivity index (χ3v) is 2.20. The number of carboxylic acid groups (broad SMARTS) is 1. The second-order valence-electron chi connectivity index (χ2n) is 2.06. The van der Waals surface area contributed by atoms with E-state index in [-0.39, 0.29) is 12.5 Å². The normalized spacial score (nSPS) is 17.6. The van der Waals surface area contributed by atoms with Crippen LogP contribution in [0.5, 0.6) is 0 Å². The minimum absolute atomic E-state index is 0.178. The molecule has 1 saturated heterocycles. The SMILES string of the molecule is C=C1SCC(=O)N1CC(=O)O. The van der Waals surface area contributed by atoms with Gasteiger partial charge in [0, 0.05) is 0 Å². The summed E-state index contributed by atoms with van der Waals surface area (Å²) < 4.78 is 0. The van der Waals surface area contributed by atoms with Crippen LogP contribution in [0.3, 0.4) is 0 Å². The van der Waals surface area contributed by atoms with E-state index < -0.39 is 5.97 Å². The third-order valence-electron chi connectivity index (χ3n) is 1.26. The van der Waals surface area contributed by atoms with E-state index in [0.717, 1.165) is 0 Å². The lowest BCUT2D eigenvalue weighted by Crippen LogP contribution is -2.29. The summed E-state index contributed by atoms with van der Waals surface area (Å²) in [5, 5.41) is 8.89. The topological polar surface area (TPSA) is 57.6 Å². The van der Waals surface area contributed by atoms with Crippen molar-refractivity contribution in [1.29, 1.82) is 0 Å². The Kier molecular flexibility index (Phi) is 2.19. The fourth-order valence-corrected chi connectivity index (χ4v) is 1.52. The Labute approximate surface area is 67.9 Å². The van der Waals surface area contributed by atoms with Crippen molar-refractivity contribution in [3.05, 3.63) is 11.6 Å². The number of thioether (sulfide) groups is 1. The highest BCUT2D eigenvalue weighted by atomic mass is 32.2. The minimum atomic E-state index is -1.01. The molecule has 0 radical (unpaired) electrons. The maximum Gasteiger partial charge on any atom is 0.323 e. The predicted octanol–water partition coefficient (Wildman–Crippen LogP) is 0.118. The van der Waals surface area contributed by atoms with Gasteiger partial charge in [0.2, 0.25) is 5.91 Å². The van der Waals surface area contributed by atoms with Gasteiger partial charge in [-0.15, -0.1) is 0 Å². The zero-order valence-electron chi connectivity index (χ0n) is 5.74. The lowest BCUT2D eigenvalue weighted by molar-refractivity contribution is -0.141. The molecule has 0 atom stereocenters. The molecule has 60 valence electrons. The smallest absolute Gasteiger partial charge is 0.323 e. The highest BCUT2D eigenvalue weighted by Crippen LogP contribution is 2.25. The lowest BCUT2D eigenvalue weighted by atomic mass is 10.5. The van der Waals surface area contributed by atoms with Gasteiger partial charge >= 0.3 is 5.97 Å². The monoisotopic (exact) mass is 173 g/mol. The van der Waals surface area contributed by atoms with Gasteiger partial charge in [0.1, 0.15) is 6.54 Å². The molecule has 4 nitrogen and oxygen atoms in total. The van der Waals surface area contributed by atoms with Crippen LogP contribution >= 0.6 is 11.8 Å². The van der Waals surface area contributed by atoms with Gasteiger partial charge in [0.05, 0.1) is 10.8 Å². The number of amides is 1. The number of carbonyl (C=O) groups is 2. The quantitative estimate of drug-likeness (QED) is 0.644. The first-order valence-corrected chi connectivity index (χ1v) is 3.93. The largest absolute Gasteiger partial charge is 0.480 e. The fraction of sp³-hybridized carbons (Fsp3) is 0.333. The summed E-state index contributed by atoms with van der Waals surface area (Å²) in [6.07, 6.45) is 0. The van der Waals surface area contributed by atoms with Gasteiger partial charge in [-0.2, -0.15) is 0 Å². The average Bonchev–Trinajstić information content (AvgIpc) is 2.18. The van der Waals surface area contributed by atoms with E-state index in [9.17, 15) is 9.59 Å². The van der Waals surface area contributed by atoms with Crippen LogP contribution in [-0.4, -0.2) is 34.2 Å². The fourth-order valence-electron chi connectivity index (χ4n) is 0.752. The van der Waals surface area contributed by atoms with Crippen LogP contribution < -0.4 is 0 Å². The first-order chi connectivity index (χ1) is 5.11. The van der Waals surface area contributed by atoms with E-state index in [1.165, 1.54) is 16.7 Å². The number of rotatable bonds is 2. The molecular weight excluding hydrogens is 166 g/mol. The summed E-state index contributed by atoms with van der Waals surface area (Å²) >= 11 is 1.27. The Morgan fingerprint density at radius 1 is 1.82 bits per heavy atom. The Morgan fingerprint density at radius 3 is 2.82 bits per heavy atom. The molecule has 1 fully saturated rings. The van der Waals surface area contributed by atoms with Crippen molar-refractivity contribution in [1.82, 2.24) is 4.90 Å². The molecule has 0 aliphatic carbocycles. The van der Waals surface area contributed by atoms with Crippen LogP contribution in [0.25, 0.3) is 0 Å². The van der Waals surface area contributed by atoms with E-state index in [2.05, 4.69) is 6.58 Å². The van der Waals surface area contributed by atoms with Crippen LogP contribution in [0.15, 0.2) is 11.6 Å². The molecule has 5 heteroatoms. The Balaban J connectivity index is 2.62. The first kappa shape index (κ1) is 8.13. The van der Waals surface area contributed by atoms with Crippen molar-refractivity contribution < 1.29 is 14.7 Å². The molecule has 1 N–H and O–H groups in total. The van der Waals surface area contributed by atoms with Crippen molar-refractivity contribution in [2.75, 3.05) is 12.3 Å². The van der Waals surface area contributed by atoms with Crippen LogP contribution in [0, 0.1) is 0 Å². The number of hydrogen-bond donors (Lipinski definition) is 1. The third kappa shape index (κ3) is 1.74. The van der Waals surface area contributed by atoms with E-state index in [1.807, 2.05) is 0 Å². The molecule has 1 amide bonds. The van der Waals surface area contributed by atoms with Gasteiger partial charge in [-0.25, -0.2) is 0 Å². The highest BCUT2D eigenvalue weighted by Gasteiger charge is 2.26. The number of carboxylic acids is 1. The number of carbonyl (C=O) groups excluding carboxylic acids is 1. The molecule has 11 heavy (non-hydrogen) atoms. The maximum atomic E-state index is 10.9. The number of nitrogens with zero attached hydrogens (tertiary/aromatic N) is 1. The zero-order valence-corrected chi connectivity index (χ0v) is 6.56. The molecule has 1 rings (SSSR count). The number of aliphatic carboxylic acids is 1. The van der Waals surface area contributed by atoms with Crippen LogP contribution in [-0.2, 0) is 9.59 Å². The number of hydrogen-bond acceptors (Lipinski definition) is 3. The standard InChI is InChI=1S/C6H7NO3S/c1-4-7(2-6(9)10)5(8)3-11-4/h1-3H2,(H,9,10). The van der Waals surface area contributed by atoms with E-state index in [1.54, 1.807) is 0 Å². The predicted molar refractivity (Wildman–Crippen MR) is 40.9 cm³/mol. The van der Waals surface area contributed by atoms with Gasteiger partial charge in [0.25, 0.3) is 0 Å². The molecule has 1 heterocycles. The molecule has 1 aliphatic rings. The summed E-state index contributed by atoms with van der Waals surface area (Å²) in [6, 6.07) is 0. The molecule has 0 unspecified atom stereocenters. The van der Waals surface area contributed by atoms with Gasteiger partial charge in [-0.1, -0.05) is 18.3 Å². The zero-order chi connectivity index (χ0) is 8.43. The van der Waals surface area contributed by atoms with E-state index >= 15 is 0 Å².